The molecule has 2 aromatic heterocycles. The minimum absolute atomic E-state index is 0.0226. The number of halogens is 2. The van der Waals surface area contributed by atoms with Crippen LogP contribution in [0, 0.1) is 10.1 Å². The number of benzene rings is 2. The number of hydrogen-bond acceptors (Lipinski definition) is 10. The second-order valence-corrected chi connectivity index (χ2v) is 10.8. The Hall–Kier alpha value is -4.19. The Labute approximate surface area is 258 Å². The summed E-state index contributed by atoms with van der Waals surface area (Å²) in [6.45, 7) is 1.87. The van der Waals surface area contributed by atoms with Crippen molar-refractivity contribution in [1.29, 1.82) is 0 Å². The second-order valence-electron chi connectivity index (χ2n) is 10.0. The minimum Gasteiger partial charge on any atom is -0.495 e. The number of anilines is 2. The van der Waals surface area contributed by atoms with E-state index in [0.717, 1.165) is 25.9 Å². The molecule has 13 heteroatoms. The summed E-state index contributed by atoms with van der Waals surface area (Å²) in [5.74, 6) is 1.66. The van der Waals surface area contributed by atoms with Gasteiger partial charge in [-0.15, -0.1) is 0 Å². The third-order valence-electron chi connectivity index (χ3n) is 7.22. The van der Waals surface area contributed by atoms with Crippen LogP contribution in [0.15, 0.2) is 55.0 Å². The Balaban J connectivity index is 1.41. The Morgan fingerprint density at radius 1 is 1.02 bits per heavy atom. The van der Waals surface area contributed by atoms with E-state index >= 15 is 0 Å². The summed E-state index contributed by atoms with van der Waals surface area (Å²) in [4.78, 5) is 27.2. The molecule has 0 unspecified atom stereocenters. The van der Waals surface area contributed by atoms with E-state index in [1.807, 2.05) is 6.07 Å². The van der Waals surface area contributed by atoms with Crippen LogP contribution in [0.2, 0.25) is 10.0 Å². The van der Waals surface area contributed by atoms with Gasteiger partial charge in [-0.1, -0.05) is 23.2 Å². The van der Waals surface area contributed by atoms with Crippen molar-refractivity contribution >= 4 is 40.4 Å². The second kappa shape index (κ2) is 13.4. The molecule has 224 valence electrons. The highest BCUT2D eigenvalue weighted by Gasteiger charge is 2.22. The van der Waals surface area contributed by atoms with Gasteiger partial charge in [0.15, 0.2) is 0 Å². The SMILES string of the molecule is COc1cc(OC)c(Cl)c(Nc2ncccc2-c2cc(Cc3ccc(OC4CCN(C)CC4)cc3[N+](=O)[O-])ncn2)c1Cl. The number of ether oxygens (including phenoxy) is 3. The number of nitrogens with one attached hydrogen (secondary N) is 1. The summed E-state index contributed by atoms with van der Waals surface area (Å²) in [6.07, 6.45) is 5.05. The molecule has 0 amide bonds. The maximum atomic E-state index is 12.0. The summed E-state index contributed by atoms with van der Waals surface area (Å²) in [6, 6.07) is 12.0. The molecular formula is C30H30Cl2N6O5. The number of nitro benzene ring substituents is 1. The third-order valence-corrected chi connectivity index (χ3v) is 7.97. The van der Waals surface area contributed by atoms with E-state index < -0.39 is 4.92 Å². The molecule has 43 heavy (non-hydrogen) atoms. The van der Waals surface area contributed by atoms with Crippen molar-refractivity contribution in [2.75, 3.05) is 39.7 Å². The Morgan fingerprint density at radius 2 is 1.74 bits per heavy atom. The lowest BCUT2D eigenvalue weighted by molar-refractivity contribution is -0.385. The van der Waals surface area contributed by atoms with Gasteiger partial charge in [-0.25, -0.2) is 15.0 Å². The highest BCUT2D eigenvalue weighted by molar-refractivity contribution is 6.41. The lowest BCUT2D eigenvalue weighted by atomic mass is 10.0. The van der Waals surface area contributed by atoms with Gasteiger partial charge in [-0.05, 0) is 50.2 Å². The van der Waals surface area contributed by atoms with Crippen LogP contribution in [0.5, 0.6) is 17.2 Å². The van der Waals surface area contributed by atoms with Gasteiger partial charge in [0.05, 0.1) is 36.6 Å². The smallest absolute Gasteiger partial charge is 0.276 e. The van der Waals surface area contributed by atoms with E-state index in [-0.39, 0.29) is 28.3 Å². The summed E-state index contributed by atoms with van der Waals surface area (Å²) in [5, 5.41) is 15.7. The molecular weight excluding hydrogens is 595 g/mol. The van der Waals surface area contributed by atoms with Crippen LogP contribution in [-0.2, 0) is 6.42 Å². The van der Waals surface area contributed by atoms with E-state index in [2.05, 4.69) is 32.2 Å². The summed E-state index contributed by atoms with van der Waals surface area (Å²) in [5.41, 5.74) is 2.62. The number of piperidine rings is 1. The normalized spacial score (nSPS) is 13.9. The topological polar surface area (TPSA) is 125 Å². The van der Waals surface area contributed by atoms with E-state index in [1.165, 1.54) is 26.6 Å². The van der Waals surface area contributed by atoms with Crippen molar-refractivity contribution in [2.45, 2.75) is 25.4 Å². The largest absolute Gasteiger partial charge is 0.495 e. The van der Waals surface area contributed by atoms with E-state index in [4.69, 9.17) is 37.4 Å². The average Bonchev–Trinajstić information content (AvgIpc) is 3.01. The van der Waals surface area contributed by atoms with Crippen molar-refractivity contribution in [1.82, 2.24) is 19.9 Å². The Bertz CT molecular complexity index is 1600. The van der Waals surface area contributed by atoms with Crippen LogP contribution in [0.3, 0.4) is 0 Å². The predicted octanol–water partition coefficient (Wildman–Crippen LogP) is 6.58. The van der Waals surface area contributed by atoms with Crippen LogP contribution < -0.4 is 19.5 Å². The first-order valence-electron chi connectivity index (χ1n) is 13.5. The molecule has 11 nitrogen and oxygen atoms in total. The van der Waals surface area contributed by atoms with Gasteiger partial charge < -0.3 is 24.4 Å². The number of hydrogen-bond donors (Lipinski definition) is 1. The van der Waals surface area contributed by atoms with Crippen molar-refractivity contribution in [3.05, 3.63) is 86.4 Å². The van der Waals surface area contributed by atoms with Gasteiger partial charge in [0.1, 0.15) is 45.5 Å². The molecule has 0 bridgehead atoms. The molecule has 0 aliphatic carbocycles. The summed E-state index contributed by atoms with van der Waals surface area (Å²) >= 11 is 13.1. The molecule has 5 rings (SSSR count). The number of rotatable bonds is 10. The average molecular weight is 626 g/mol. The van der Waals surface area contributed by atoms with E-state index in [9.17, 15) is 10.1 Å². The van der Waals surface area contributed by atoms with Crippen LogP contribution in [-0.4, -0.2) is 65.2 Å². The summed E-state index contributed by atoms with van der Waals surface area (Å²) < 4.78 is 16.8. The lowest BCUT2D eigenvalue weighted by Crippen LogP contribution is -2.35. The molecule has 0 spiro atoms. The zero-order valence-electron chi connectivity index (χ0n) is 23.8. The third kappa shape index (κ3) is 6.90. The van der Waals surface area contributed by atoms with Gasteiger partial charge in [-0.3, -0.25) is 10.1 Å². The highest BCUT2D eigenvalue weighted by atomic mass is 35.5. The molecule has 3 heterocycles. The number of pyridine rings is 1. The maximum absolute atomic E-state index is 12.0. The molecule has 1 N–H and O–H groups in total. The van der Waals surface area contributed by atoms with Crippen molar-refractivity contribution in [3.8, 4) is 28.5 Å². The number of likely N-dealkylation sites (tertiary alicyclic amines) is 1. The lowest BCUT2D eigenvalue weighted by Gasteiger charge is -2.29. The molecule has 1 aliphatic rings. The molecule has 0 radical (unpaired) electrons. The van der Waals surface area contributed by atoms with Gasteiger partial charge >= 0.3 is 0 Å². The van der Waals surface area contributed by atoms with Crippen LogP contribution in [0.25, 0.3) is 11.3 Å². The van der Waals surface area contributed by atoms with Crippen LogP contribution in [0.1, 0.15) is 24.1 Å². The quantitative estimate of drug-likeness (QED) is 0.153. The fourth-order valence-electron chi connectivity index (χ4n) is 4.89. The predicted molar refractivity (Wildman–Crippen MR) is 165 cm³/mol. The zero-order chi connectivity index (χ0) is 30.5. The first-order valence-corrected chi connectivity index (χ1v) is 14.3. The monoisotopic (exact) mass is 624 g/mol. The van der Waals surface area contributed by atoms with Gasteiger partial charge in [-0.2, -0.15) is 0 Å². The standard InChI is InChI=1S/C30H30Cl2N6O5/c1-37-11-8-20(9-12-37)43-21-7-6-18(24(15-21)38(39)40)13-19-14-23(35-17-34-19)22-5-4-10-33-30(22)36-29-27(31)25(41-2)16-26(42-3)28(29)32/h4-7,10,14-17,20H,8-9,11-13H2,1-3H3,(H,33,36). The van der Waals surface area contributed by atoms with Crippen molar-refractivity contribution < 1.29 is 19.1 Å². The molecule has 4 aromatic rings. The number of nitro groups is 1. The molecule has 0 saturated carbocycles. The van der Waals surface area contributed by atoms with E-state index in [0.29, 0.717) is 51.3 Å². The minimum atomic E-state index is -0.391. The van der Waals surface area contributed by atoms with Gasteiger partial charge in [0.25, 0.3) is 5.69 Å². The fraction of sp³-hybridized carbons (Fsp3) is 0.300. The van der Waals surface area contributed by atoms with Crippen molar-refractivity contribution in [2.24, 2.45) is 0 Å². The number of methoxy groups -OCH3 is 2. The van der Waals surface area contributed by atoms with Crippen LogP contribution in [0.4, 0.5) is 17.2 Å². The first-order chi connectivity index (χ1) is 20.8. The Kier molecular flexibility index (Phi) is 9.44. The zero-order valence-corrected chi connectivity index (χ0v) is 25.4. The molecule has 1 aliphatic heterocycles. The van der Waals surface area contributed by atoms with E-state index in [1.54, 1.807) is 36.5 Å². The Morgan fingerprint density at radius 3 is 2.42 bits per heavy atom. The maximum Gasteiger partial charge on any atom is 0.276 e. The molecule has 2 aromatic carbocycles. The number of nitrogens with zero attached hydrogens (tertiary/aromatic N) is 5. The molecule has 0 atom stereocenters. The number of aromatic nitrogens is 3. The van der Waals surface area contributed by atoms with Gasteiger partial charge in [0, 0.05) is 48.6 Å². The van der Waals surface area contributed by atoms with Gasteiger partial charge in [0.2, 0.25) is 0 Å². The molecule has 1 fully saturated rings. The summed E-state index contributed by atoms with van der Waals surface area (Å²) in [7, 11) is 5.06. The highest BCUT2D eigenvalue weighted by Crippen LogP contribution is 2.45. The fourth-order valence-corrected chi connectivity index (χ4v) is 5.49. The molecule has 1 saturated heterocycles. The van der Waals surface area contributed by atoms with Crippen LogP contribution >= 0.6 is 23.2 Å². The first kappa shape index (κ1) is 30.3. The van der Waals surface area contributed by atoms with Crippen molar-refractivity contribution in [3.63, 3.8) is 0 Å².